The third-order valence-corrected chi connectivity index (χ3v) is 5.13. The summed E-state index contributed by atoms with van der Waals surface area (Å²) < 4.78 is 11.2. The molecular formula is C16H23BrO2. The van der Waals surface area contributed by atoms with Crippen LogP contribution in [0, 0.1) is 5.41 Å². The summed E-state index contributed by atoms with van der Waals surface area (Å²) in [5.74, 6) is 0. The van der Waals surface area contributed by atoms with E-state index in [1.165, 1.54) is 24.8 Å². The van der Waals surface area contributed by atoms with Crippen molar-refractivity contribution in [3.8, 4) is 0 Å². The van der Waals surface area contributed by atoms with E-state index in [1.807, 2.05) is 6.07 Å². The number of alkyl halides is 1. The summed E-state index contributed by atoms with van der Waals surface area (Å²) in [5, 5.41) is 1.09. The Balaban J connectivity index is 1.63. The van der Waals surface area contributed by atoms with E-state index in [0.29, 0.717) is 5.41 Å². The number of hydrogen-bond donors (Lipinski definition) is 0. The van der Waals surface area contributed by atoms with Gasteiger partial charge in [-0.1, -0.05) is 46.3 Å². The van der Waals surface area contributed by atoms with Crippen molar-refractivity contribution in [2.45, 2.75) is 32.3 Å². The van der Waals surface area contributed by atoms with Gasteiger partial charge in [0.05, 0.1) is 6.61 Å². The lowest BCUT2D eigenvalue weighted by Crippen LogP contribution is -2.31. The smallest absolute Gasteiger partial charge is 0.0716 e. The second-order valence-corrected chi connectivity index (χ2v) is 5.95. The second kappa shape index (κ2) is 8.03. The molecule has 0 aromatic heterocycles. The zero-order valence-electron chi connectivity index (χ0n) is 11.4. The van der Waals surface area contributed by atoms with Gasteiger partial charge in [0, 0.05) is 25.2 Å². The maximum absolute atomic E-state index is 5.75. The molecule has 0 spiro atoms. The predicted octanol–water partition coefficient (Wildman–Crippen LogP) is 4.18. The number of ether oxygens (including phenoxy) is 2. The van der Waals surface area contributed by atoms with E-state index in [0.717, 1.165) is 38.2 Å². The quantitative estimate of drug-likeness (QED) is 0.553. The van der Waals surface area contributed by atoms with Crippen LogP contribution in [0.5, 0.6) is 0 Å². The average molecular weight is 327 g/mol. The normalized spacial score (nSPS) is 18.4. The third kappa shape index (κ3) is 4.90. The van der Waals surface area contributed by atoms with Crippen molar-refractivity contribution in [3.63, 3.8) is 0 Å². The van der Waals surface area contributed by atoms with Gasteiger partial charge >= 0.3 is 0 Å². The highest BCUT2D eigenvalue weighted by atomic mass is 79.9. The number of benzene rings is 1. The maximum Gasteiger partial charge on any atom is 0.0716 e. The minimum Gasteiger partial charge on any atom is -0.381 e. The fraction of sp³-hybridized carbons (Fsp3) is 0.625. The highest BCUT2D eigenvalue weighted by Crippen LogP contribution is 2.37. The summed E-state index contributed by atoms with van der Waals surface area (Å²) in [7, 11) is 0. The van der Waals surface area contributed by atoms with Crippen LogP contribution in [0.2, 0.25) is 0 Å². The lowest BCUT2D eigenvalue weighted by molar-refractivity contribution is 0.0161. The molecule has 1 heterocycles. The van der Waals surface area contributed by atoms with Gasteiger partial charge in [0.15, 0.2) is 0 Å². The molecule has 19 heavy (non-hydrogen) atoms. The van der Waals surface area contributed by atoms with Crippen molar-refractivity contribution in [2.75, 3.05) is 25.2 Å². The first-order chi connectivity index (χ1) is 9.35. The van der Waals surface area contributed by atoms with E-state index in [1.54, 1.807) is 0 Å². The van der Waals surface area contributed by atoms with E-state index in [9.17, 15) is 0 Å². The topological polar surface area (TPSA) is 18.5 Å². The molecule has 2 rings (SSSR count). The zero-order chi connectivity index (χ0) is 13.4. The summed E-state index contributed by atoms with van der Waals surface area (Å²) >= 11 is 3.68. The molecule has 1 aliphatic rings. The summed E-state index contributed by atoms with van der Waals surface area (Å²) in [6.45, 7) is 3.41. The lowest BCUT2D eigenvalue weighted by atomic mass is 9.78. The Bertz CT molecular complexity index is 347. The first-order valence-corrected chi connectivity index (χ1v) is 8.22. The molecular weight excluding hydrogens is 304 g/mol. The van der Waals surface area contributed by atoms with E-state index < -0.39 is 0 Å². The molecule has 1 fully saturated rings. The largest absolute Gasteiger partial charge is 0.381 e. The molecule has 0 unspecified atom stereocenters. The number of rotatable bonds is 7. The van der Waals surface area contributed by atoms with Gasteiger partial charge in [-0.15, -0.1) is 0 Å². The van der Waals surface area contributed by atoms with Gasteiger partial charge in [-0.25, -0.2) is 0 Å². The van der Waals surface area contributed by atoms with Gasteiger partial charge in [-0.2, -0.15) is 0 Å². The molecule has 2 nitrogen and oxygen atoms in total. The van der Waals surface area contributed by atoms with Gasteiger partial charge in [-0.3, -0.25) is 0 Å². The summed E-state index contributed by atoms with van der Waals surface area (Å²) in [4.78, 5) is 0. The minimum absolute atomic E-state index is 0.439. The van der Waals surface area contributed by atoms with Crippen molar-refractivity contribution in [2.24, 2.45) is 5.41 Å². The summed E-state index contributed by atoms with van der Waals surface area (Å²) in [6.07, 6.45) is 4.72. The van der Waals surface area contributed by atoms with Crippen LogP contribution in [0.15, 0.2) is 30.3 Å². The molecule has 1 aliphatic heterocycles. The van der Waals surface area contributed by atoms with Gasteiger partial charge in [0.2, 0.25) is 0 Å². The van der Waals surface area contributed by atoms with Crippen molar-refractivity contribution in [3.05, 3.63) is 35.9 Å². The minimum atomic E-state index is 0.439. The Hall–Kier alpha value is -0.380. The maximum atomic E-state index is 5.75. The number of hydrogen-bond acceptors (Lipinski definition) is 2. The fourth-order valence-corrected chi connectivity index (χ4v) is 3.41. The van der Waals surface area contributed by atoms with Crippen molar-refractivity contribution in [1.29, 1.82) is 0 Å². The monoisotopic (exact) mass is 326 g/mol. The van der Waals surface area contributed by atoms with Crippen LogP contribution >= 0.6 is 15.9 Å². The van der Waals surface area contributed by atoms with Crippen LogP contribution < -0.4 is 0 Å². The Kier molecular flexibility index (Phi) is 6.35. The van der Waals surface area contributed by atoms with Crippen LogP contribution in [-0.2, 0) is 16.1 Å². The SMILES string of the molecule is BrCC1(CCCOCc2ccccc2)CCOCC1. The molecule has 106 valence electrons. The summed E-state index contributed by atoms with van der Waals surface area (Å²) in [5.41, 5.74) is 1.69. The Morgan fingerprint density at radius 1 is 1.16 bits per heavy atom. The fourth-order valence-electron chi connectivity index (χ4n) is 2.57. The first kappa shape index (κ1) is 15.0. The average Bonchev–Trinajstić information content (AvgIpc) is 2.49. The number of halogens is 1. The molecule has 0 N–H and O–H groups in total. The van der Waals surface area contributed by atoms with E-state index in [4.69, 9.17) is 9.47 Å². The molecule has 0 radical (unpaired) electrons. The highest BCUT2D eigenvalue weighted by molar-refractivity contribution is 9.09. The van der Waals surface area contributed by atoms with Crippen molar-refractivity contribution in [1.82, 2.24) is 0 Å². The molecule has 0 amide bonds. The first-order valence-electron chi connectivity index (χ1n) is 7.10. The van der Waals surface area contributed by atoms with E-state index >= 15 is 0 Å². The zero-order valence-corrected chi connectivity index (χ0v) is 13.0. The summed E-state index contributed by atoms with van der Waals surface area (Å²) in [6, 6.07) is 10.4. The third-order valence-electron chi connectivity index (χ3n) is 3.94. The molecule has 3 heteroatoms. The Labute approximate surface area is 124 Å². The lowest BCUT2D eigenvalue weighted by Gasteiger charge is -2.35. The van der Waals surface area contributed by atoms with Crippen LogP contribution in [0.1, 0.15) is 31.2 Å². The highest BCUT2D eigenvalue weighted by Gasteiger charge is 2.30. The predicted molar refractivity (Wildman–Crippen MR) is 81.6 cm³/mol. The molecule has 1 aromatic rings. The molecule has 0 atom stereocenters. The molecule has 1 saturated heterocycles. The van der Waals surface area contributed by atoms with Crippen LogP contribution in [0.3, 0.4) is 0 Å². The second-order valence-electron chi connectivity index (χ2n) is 5.39. The molecule has 0 saturated carbocycles. The van der Waals surface area contributed by atoms with Crippen molar-refractivity contribution >= 4 is 15.9 Å². The van der Waals surface area contributed by atoms with Crippen LogP contribution in [0.25, 0.3) is 0 Å². The Morgan fingerprint density at radius 3 is 2.58 bits per heavy atom. The van der Waals surface area contributed by atoms with Crippen LogP contribution in [0.4, 0.5) is 0 Å². The Morgan fingerprint density at radius 2 is 1.89 bits per heavy atom. The van der Waals surface area contributed by atoms with Crippen molar-refractivity contribution < 1.29 is 9.47 Å². The standard InChI is InChI=1S/C16H23BrO2/c17-14-16(8-11-18-12-9-16)7-4-10-19-13-15-5-2-1-3-6-15/h1-3,5-6H,4,7-14H2. The molecule has 1 aromatic carbocycles. The van der Waals surface area contributed by atoms with Gasteiger partial charge in [-0.05, 0) is 36.7 Å². The van der Waals surface area contributed by atoms with Gasteiger partial charge < -0.3 is 9.47 Å². The van der Waals surface area contributed by atoms with E-state index in [2.05, 4.69) is 40.2 Å². The van der Waals surface area contributed by atoms with Gasteiger partial charge in [0.1, 0.15) is 0 Å². The van der Waals surface area contributed by atoms with Crippen LogP contribution in [-0.4, -0.2) is 25.2 Å². The van der Waals surface area contributed by atoms with E-state index in [-0.39, 0.29) is 0 Å². The molecule has 0 aliphatic carbocycles. The molecule has 0 bridgehead atoms. The van der Waals surface area contributed by atoms with Gasteiger partial charge in [0.25, 0.3) is 0 Å².